The number of hydrogen-bond donors (Lipinski definition) is 2. The molecule has 0 aromatic heterocycles. The molecule has 0 aliphatic carbocycles. The summed E-state index contributed by atoms with van der Waals surface area (Å²) in [6.07, 6.45) is 4.09. The van der Waals surface area contributed by atoms with E-state index >= 15 is 0 Å². The minimum absolute atomic E-state index is 0.0135. The van der Waals surface area contributed by atoms with Gasteiger partial charge in [-0.05, 0) is 36.5 Å². The van der Waals surface area contributed by atoms with Gasteiger partial charge in [0.05, 0.1) is 4.91 Å². The number of aliphatic carboxylic acids is 1. The molecule has 8 heteroatoms. The molecule has 1 saturated heterocycles. The number of carbonyl (C=O) groups excluding carboxylic acids is 2. The average Bonchev–Trinajstić information content (AvgIpc) is 2.92. The van der Waals surface area contributed by atoms with Crippen LogP contribution in [0.5, 0.6) is 0 Å². The van der Waals surface area contributed by atoms with Crippen LogP contribution in [-0.2, 0) is 14.4 Å². The van der Waals surface area contributed by atoms with Crippen LogP contribution in [0.25, 0.3) is 6.08 Å². The Morgan fingerprint density at radius 1 is 1.27 bits per heavy atom. The molecular weight excluding hydrogens is 420 g/mol. The molecule has 1 aliphatic heterocycles. The van der Waals surface area contributed by atoms with Crippen molar-refractivity contribution in [2.45, 2.75) is 39.7 Å². The van der Waals surface area contributed by atoms with Crippen molar-refractivity contribution in [3.8, 4) is 0 Å². The zero-order valence-corrected chi connectivity index (χ0v) is 18.9. The minimum atomic E-state index is -1.06. The molecule has 0 spiro atoms. The second-order valence-corrected chi connectivity index (χ2v) is 9.15. The van der Waals surface area contributed by atoms with Crippen LogP contribution in [0, 0.1) is 5.92 Å². The number of rotatable bonds is 9. The molecule has 1 aliphatic rings. The quantitative estimate of drug-likeness (QED) is 0.443. The summed E-state index contributed by atoms with van der Waals surface area (Å²) in [5.41, 5.74) is 1.95. The first-order valence-electron chi connectivity index (χ1n) is 9.68. The van der Waals surface area contributed by atoms with Crippen molar-refractivity contribution in [1.29, 1.82) is 0 Å². The van der Waals surface area contributed by atoms with Gasteiger partial charge in [-0.15, -0.1) is 0 Å². The fourth-order valence-electron chi connectivity index (χ4n) is 2.93. The number of nitrogens with zero attached hydrogens (tertiary/aromatic N) is 1. The third-order valence-corrected chi connectivity index (χ3v) is 5.71. The molecule has 30 heavy (non-hydrogen) atoms. The molecule has 1 fully saturated rings. The lowest BCUT2D eigenvalue weighted by Gasteiger charge is -2.18. The smallest absolute Gasteiger partial charge is 0.326 e. The van der Waals surface area contributed by atoms with Gasteiger partial charge in [-0.25, -0.2) is 4.79 Å². The maximum atomic E-state index is 12.7. The topological polar surface area (TPSA) is 86.7 Å². The standard InChI is InChI=1S/C22H26N2O4S2/c1-14(2)11-17(21(27)28)23-19(25)9-10-24-20(26)18(30-22(24)29)13-15(3)12-16-7-5-4-6-8-16/h4-8,12-14,17H,9-11H2,1-3H3,(H,23,25)(H,27,28)/b15-12+,18-13+. The number of hydrogen-bond acceptors (Lipinski definition) is 5. The number of nitrogens with one attached hydrogen (secondary N) is 1. The van der Waals surface area contributed by atoms with Gasteiger partial charge >= 0.3 is 5.97 Å². The van der Waals surface area contributed by atoms with Crippen LogP contribution < -0.4 is 5.32 Å². The van der Waals surface area contributed by atoms with Crippen LogP contribution in [0.3, 0.4) is 0 Å². The fourth-order valence-corrected chi connectivity index (χ4v) is 4.28. The van der Waals surface area contributed by atoms with Gasteiger partial charge in [-0.2, -0.15) is 0 Å². The number of carbonyl (C=O) groups is 3. The third kappa shape index (κ3) is 7.11. The number of thioether (sulfide) groups is 1. The summed E-state index contributed by atoms with van der Waals surface area (Å²) in [5, 5.41) is 11.8. The first-order chi connectivity index (χ1) is 14.2. The molecule has 2 N–H and O–H groups in total. The SMILES string of the molecule is CC(=C\c1ccccc1)/C=C1/SC(=S)N(CCC(=O)NC(CC(C)C)C(=O)O)C1=O. The summed E-state index contributed by atoms with van der Waals surface area (Å²) in [4.78, 5) is 38.1. The van der Waals surface area contributed by atoms with E-state index < -0.39 is 17.9 Å². The largest absolute Gasteiger partial charge is 0.480 e. The first kappa shape index (κ1) is 23.8. The molecule has 1 aromatic carbocycles. The highest BCUT2D eigenvalue weighted by molar-refractivity contribution is 8.26. The van der Waals surface area contributed by atoms with Crippen LogP contribution in [0.2, 0.25) is 0 Å². The van der Waals surface area contributed by atoms with E-state index in [2.05, 4.69) is 5.32 Å². The summed E-state index contributed by atoms with van der Waals surface area (Å²) in [6, 6.07) is 8.85. The van der Waals surface area contributed by atoms with Crippen LogP contribution in [0.1, 0.15) is 39.2 Å². The van der Waals surface area contributed by atoms with Gasteiger partial charge in [0.15, 0.2) is 0 Å². The van der Waals surface area contributed by atoms with Crippen LogP contribution >= 0.6 is 24.0 Å². The number of amides is 2. The third-order valence-electron chi connectivity index (χ3n) is 4.33. The monoisotopic (exact) mass is 446 g/mol. The lowest BCUT2D eigenvalue weighted by molar-refractivity contribution is -0.142. The number of carboxylic acids is 1. The molecule has 0 bridgehead atoms. The van der Waals surface area contributed by atoms with E-state index in [0.717, 1.165) is 11.1 Å². The Bertz CT molecular complexity index is 878. The molecular formula is C22H26N2O4S2. The van der Waals surface area contributed by atoms with Crippen molar-refractivity contribution in [1.82, 2.24) is 10.2 Å². The van der Waals surface area contributed by atoms with Gasteiger partial charge in [0, 0.05) is 13.0 Å². The zero-order valence-electron chi connectivity index (χ0n) is 17.3. The Labute approximate surface area is 186 Å². The van der Waals surface area contributed by atoms with E-state index in [1.54, 1.807) is 6.08 Å². The zero-order chi connectivity index (χ0) is 22.3. The van der Waals surface area contributed by atoms with Gasteiger partial charge in [-0.1, -0.05) is 74.2 Å². The molecule has 2 amide bonds. The Kier molecular flexibility index (Phi) is 8.80. The second kappa shape index (κ2) is 11.1. The van der Waals surface area contributed by atoms with Gasteiger partial charge < -0.3 is 10.4 Å². The highest BCUT2D eigenvalue weighted by Crippen LogP contribution is 2.32. The highest BCUT2D eigenvalue weighted by Gasteiger charge is 2.32. The predicted molar refractivity (Wildman–Crippen MR) is 124 cm³/mol. The molecule has 1 aromatic rings. The van der Waals surface area contributed by atoms with Gasteiger partial charge in [0.25, 0.3) is 5.91 Å². The predicted octanol–water partition coefficient (Wildman–Crippen LogP) is 3.84. The summed E-state index contributed by atoms with van der Waals surface area (Å²) >= 11 is 6.50. The lowest BCUT2D eigenvalue weighted by Crippen LogP contribution is -2.43. The molecule has 1 unspecified atom stereocenters. The lowest BCUT2D eigenvalue weighted by atomic mass is 10.0. The van der Waals surface area contributed by atoms with Gasteiger partial charge in [0.2, 0.25) is 5.91 Å². The van der Waals surface area contributed by atoms with Crippen molar-refractivity contribution in [2.24, 2.45) is 5.92 Å². The van der Waals surface area contributed by atoms with Crippen molar-refractivity contribution >= 4 is 52.2 Å². The molecule has 0 saturated carbocycles. The van der Waals surface area contributed by atoms with E-state index in [1.165, 1.54) is 16.7 Å². The molecule has 2 rings (SSSR count). The molecule has 1 heterocycles. The maximum Gasteiger partial charge on any atom is 0.326 e. The number of thiocarbonyl (C=S) groups is 1. The van der Waals surface area contributed by atoms with Crippen molar-refractivity contribution in [3.05, 3.63) is 52.4 Å². The van der Waals surface area contributed by atoms with Crippen molar-refractivity contribution in [3.63, 3.8) is 0 Å². The Balaban J connectivity index is 1.97. The summed E-state index contributed by atoms with van der Waals surface area (Å²) in [6.45, 7) is 5.81. The molecule has 0 radical (unpaired) electrons. The molecule has 1 atom stereocenters. The second-order valence-electron chi connectivity index (χ2n) is 7.47. The normalized spacial score (nSPS) is 17.0. The van der Waals surface area contributed by atoms with Crippen LogP contribution in [0.15, 0.2) is 46.9 Å². The summed E-state index contributed by atoms with van der Waals surface area (Å²) < 4.78 is 0.392. The molecule has 160 valence electrons. The number of carboxylic acid groups (broad SMARTS) is 1. The number of allylic oxidation sites excluding steroid dienone is 2. The van der Waals surface area contributed by atoms with Crippen molar-refractivity contribution < 1.29 is 19.5 Å². The van der Waals surface area contributed by atoms with Crippen LogP contribution in [-0.4, -0.2) is 44.7 Å². The first-order valence-corrected chi connectivity index (χ1v) is 10.9. The molecule has 6 nitrogen and oxygen atoms in total. The van der Waals surface area contributed by atoms with E-state index in [0.29, 0.717) is 15.6 Å². The van der Waals surface area contributed by atoms with E-state index in [9.17, 15) is 19.5 Å². The van der Waals surface area contributed by atoms with Gasteiger partial charge in [-0.3, -0.25) is 14.5 Å². The highest BCUT2D eigenvalue weighted by atomic mass is 32.2. The van der Waals surface area contributed by atoms with E-state index in [1.807, 2.05) is 57.2 Å². The van der Waals surface area contributed by atoms with Crippen molar-refractivity contribution in [2.75, 3.05) is 6.54 Å². The van der Waals surface area contributed by atoms with E-state index in [4.69, 9.17) is 12.2 Å². The Morgan fingerprint density at radius 2 is 1.93 bits per heavy atom. The summed E-state index contributed by atoms with van der Waals surface area (Å²) in [5.74, 6) is -1.58. The fraction of sp³-hybridized carbons (Fsp3) is 0.364. The van der Waals surface area contributed by atoms with E-state index in [-0.39, 0.29) is 24.8 Å². The Morgan fingerprint density at radius 3 is 2.53 bits per heavy atom. The Hall–Kier alpha value is -2.45. The summed E-state index contributed by atoms with van der Waals surface area (Å²) in [7, 11) is 0. The maximum absolute atomic E-state index is 12.7. The van der Waals surface area contributed by atoms with Crippen LogP contribution in [0.4, 0.5) is 0 Å². The minimum Gasteiger partial charge on any atom is -0.480 e. The average molecular weight is 447 g/mol. The number of benzene rings is 1. The van der Waals surface area contributed by atoms with Gasteiger partial charge in [0.1, 0.15) is 10.4 Å².